The first-order valence-corrected chi connectivity index (χ1v) is 25.4. The molecule has 7 nitrogen and oxygen atoms in total. The fourth-order valence-electron chi connectivity index (χ4n) is 9.56. The molecular formula is C59H61Br2F2N3O4. The number of benzene rings is 6. The van der Waals surface area contributed by atoms with E-state index in [0.717, 1.165) is 77.0 Å². The second-order valence-electron chi connectivity index (χ2n) is 18.0. The first-order chi connectivity index (χ1) is 33.9. The molecule has 11 heteroatoms. The molecule has 0 fully saturated rings. The molecular weight excluding hydrogens is 1010 g/mol. The minimum atomic E-state index is -1.12. The van der Waals surface area contributed by atoms with Crippen molar-refractivity contribution in [2.24, 2.45) is 0 Å². The lowest BCUT2D eigenvalue weighted by molar-refractivity contribution is 0.00411. The summed E-state index contributed by atoms with van der Waals surface area (Å²) in [7, 11) is 5.12. The number of rotatable bonds is 20. The number of halogens is 4. The number of aliphatic hydroxyl groups is 2. The summed E-state index contributed by atoms with van der Waals surface area (Å²) in [5.41, 5.74) is 5.17. The molecule has 0 aliphatic rings. The Morgan fingerprint density at radius 1 is 0.557 bits per heavy atom. The fourth-order valence-corrected chi connectivity index (χ4v) is 10.3. The summed E-state index contributed by atoms with van der Waals surface area (Å²) in [6.07, 6.45) is 5.27. The summed E-state index contributed by atoms with van der Waals surface area (Å²) in [5, 5.41) is 29.9. The van der Waals surface area contributed by atoms with Gasteiger partial charge in [0.05, 0.1) is 36.5 Å². The lowest BCUT2D eigenvalue weighted by Gasteiger charge is -2.38. The van der Waals surface area contributed by atoms with Gasteiger partial charge in [-0.25, -0.2) is 18.7 Å². The van der Waals surface area contributed by atoms with Crippen LogP contribution in [0, 0.1) is 11.6 Å². The molecule has 0 amide bonds. The average molecular weight is 1070 g/mol. The number of unbranched alkanes of at least 4 members (excludes halogenated alkanes) is 1. The van der Waals surface area contributed by atoms with Crippen molar-refractivity contribution in [2.45, 2.75) is 81.3 Å². The van der Waals surface area contributed by atoms with Crippen molar-refractivity contribution < 1.29 is 28.5 Å². The van der Waals surface area contributed by atoms with Gasteiger partial charge in [0.1, 0.15) is 11.6 Å². The van der Waals surface area contributed by atoms with Gasteiger partial charge in [-0.15, -0.1) is 0 Å². The monoisotopic (exact) mass is 1070 g/mol. The zero-order chi connectivity index (χ0) is 49.7. The van der Waals surface area contributed by atoms with E-state index in [-0.39, 0.29) is 23.5 Å². The van der Waals surface area contributed by atoms with Crippen LogP contribution in [-0.2, 0) is 12.8 Å². The maximum atomic E-state index is 13.5. The number of fused-ring (bicyclic) bond motifs is 2. The number of pyridine rings is 2. The quantitative estimate of drug-likeness (QED) is 0.0700. The summed E-state index contributed by atoms with van der Waals surface area (Å²) in [5.74, 6) is -0.233. The van der Waals surface area contributed by atoms with Crippen LogP contribution in [0.4, 0.5) is 8.78 Å². The van der Waals surface area contributed by atoms with Crippen molar-refractivity contribution in [3.8, 4) is 11.8 Å². The molecule has 2 heterocycles. The van der Waals surface area contributed by atoms with Crippen LogP contribution in [0.15, 0.2) is 167 Å². The number of aromatic nitrogens is 2. The highest BCUT2D eigenvalue weighted by Crippen LogP contribution is 2.46. The first-order valence-electron chi connectivity index (χ1n) is 23.8. The molecule has 0 bridgehead atoms. The molecule has 6 aromatic carbocycles. The molecule has 364 valence electrons. The summed E-state index contributed by atoms with van der Waals surface area (Å²) >= 11 is 7.13. The summed E-state index contributed by atoms with van der Waals surface area (Å²) < 4.78 is 40.4. The predicted octanol–water partition coefficient (Wildman–Crippen LogP) is 14.1. The van der Waals surface area contributed by atoms with E-state index in [0.29, 0.717) is 56.8 Å². The largest absolute Gasteiger partial charge is 0.481 e. The van der Waals surface area contributed by atoms with Crippen molar-refractivity contribution in [3.63, 3.8) is 0 Å². The Morgan fingerprint density at radius 3 is 1.36 bits per heavy atom. The van der Waals surface area contributed by atoms with Crippen LogP contribution in [0.5, 0.6) is 11.8 Å². The van der Waals surface area contributed by atoms with Crippen LogP contribution in [0.3, 0.4) is 0 Å². The molecule has 0 saturated heterocycles. The highest BCUT2D eigenvalue weighted by Gasteiger charge is 2.41. The lowest BCUT2D eigenvalue weighted by Crippen LogP contribution is -2.40. The molecule has 0 aliphatic heterocycles. The molecule has 0 saturated carbocycles. The molecule has 0 spiro atoms. The number of nitrogens with one attached hydrogen (secondary N) is 1. The van der Waals surface area contributed by atoms with Gasteiger partial charge in [0.2, 0.25) is 11.8 Å². The lowest BCUT2D eigenvalue weighted by atomic mass is 9.72. The van der Waals surface area contributed by atoms with E-state index in [1.807, 2.05) is 92.0 Å². The van der Waals surface area contributed by atoms with E-state index in [1.165, 1.54) is 24.3 Å². The smallest absolute Gasteiger partial charge is 0.217 e. The Balaban J connectivity index is 0.000000206. The third kappa shape index (κ3) is 13.0. The van der Waals surface area contributed by atoms with Gasteiger partial charge in [0, 0.05) is 42.7 Å². The topological polar surface area (TPSA) is 96.7 Å². The zero-order valence-corrected chi connectivity index (χ0v) is 43.3. The van der Waals surface area contributed by atoms with E-state index in [1.54, 1.807) is 38.5 Å². The third-order valence-electron chi connectivity index (χ3n) is 13.2. The highest BCUT2D eigenvalue weighted by atomic mass is 79.9. The van der Waals surface area contributed by atoms with Crippen molar-refractivity contribution in [1.82, 2.24) is 15.3 Å². The van der Waals surface area contributed by atoms with Gasteiger partial charge in [-0.05, 0) is 147 Å². The summed E-state index contributed by atoms with van der Waals surface area (Å²) in [4.78, 5) is 9.60. The molecule has 0 aliphatic carbocycles. The number of aryl methyl sites for hydroxylation is 2. The van der Waals surface area contributed by atoms with Gasteiger partial charge in [-0.3, -0.25) is 0 Å². The minimum absolute atomic E-state index is 0.254. The molecule has 8 aromatic rings. The van der Waals surface area contributed by atoms with Crippen LogP contribution in [-0.4, -0.2) is 59.2 Å². The van der Waals surface area contributed by atoms with Crippen molar-refractivity contribution in [3.05, 3.63) is 212 Å². The van der Waals surface area contributed by atoms with Gasteiger partial charge < -0.3 is 25.0 Å². The van der Waals surface area contributed by atoms with Crippen molar-refractivity contribution >= 4 is 53.7 Å². The van der Waals surface area contributed by atoms with E-state index in [9.17, 15) is 19.0 Å². The van der Waals surface area contributed by atoms with E-state index in [2.05, 4.69) is 68.4 Å². The second kappa shape index (κ2) is 24.5. The Kier molecular flexibility index (Phi) is 18.3. The predicted molar refractivity (Wildman–Crippen MR) is 286 cm³/mol. The van der Waals surface area contributed by atoms with E-state index < -0.39 is 11.2 Å². The number of hydrogen-bond acceptors (Lipinski definition) is 7. The standard InChI is InChI=1S/C30H31BrFNO2.C29H30BrFN2O2/c1-3-4-17-30(34,18-16-21-10-13-25(32)14-11-21)28(22-8-6-5-7-9-22)26-20-23-19-24(31)12-15-27(23)33-29(26)35-2;1-32-17-16-29(34,15-14-20-8-11-24(31)12-9-20)27(21-6-4-3-5-7-21)25-19-22-18-23(30)10-13-26(22)33-28(25)35-2/h5-15,19-20,28,34H,3-4,16-18H2,1-2H3;3-13,18-19,27,32,34H,14-17H2,1-2H3. The van der Waals surface area contributed by atoms with Gasteiger partial charge in [0.25, 0.3) is 0 Å². The summed E-state index contributed by atoms with van der Waals surface area (Å²) in [6.45, 7) is 2.77. The molecule has 8 rings (SSSR count). The normalized spacial score (nSPS) is 14.0. The maximum Gasteiger partial charge on any atom is 0.217 e. The molecule has 2 aromatic heterocycles. The second-order valence-corrected chi connectivity index (χ2v) is 19.8. The Morgan fingerprint density at radius 2 is 0.971 bits per heavy atom. The Labute approximate surface area is 427 Å². The molecule has 4 unspecified atom stereocenters. The highest BCUT2D eigenvalue weighted by molar-refractivity contribution is 9.10. The van der Waals surface area contributed by atoms with Crippen LogP contribution in [0.2, 0.25) is 0 Å². The van der Waals surface area contributed by atoms with Gasteiger partial charge in [-0.1, -0.05) is 137 Å². The zero-order valence-electron chi connectivity index (χ0n) is 40.1. The fraction of sp³-hybridized carbons (Fsp3) is 0.288. The summed E-state index contributed by atoms with van der Waals surface area (Å²) in [6, 6.07) is 49.2. The van der Waals surface area contributed by atoms with E-state index in [4.69, 9.17) is 19.4 Å². The molecule has 70 heavy (non-hydrogen) atoms. The van der Waals surface area contributed by atoms with Gasteiger partial charge in [-0.2, -0.15) is 0 Å². The minimum Gasteiger partial charge on any atom is -0.481 e. The van der Waals surface area contributed by atoms with Crippen LogP contribution in [0.1, 0.15) is 90.7 Å². The Bertz CT molecular complexity index is 2730. The van der Waals surface area contributed by atoms with Crippen molar-refractivity contribution in [2.75, 3.05) is 27.8 Å². The third-order valence-corrected chi connectivity index (χ3v) is 14.2. The Hall–Kier alpha value is -5.56. The SMILES string of the molecule is CCCCC(O)(CCc1ccc(F)cc1)C(c1ccccc1)c1cc2cc(Br)ccc2nc1OC.CNCCC(O)(CCc1ccc(F)cc1)C(c1ccccc1)c1cc2cc(Br)ccc2nc1OC. The molecule has 4 atom stereocenters. The average Bonchev–Trinajstić information content (AvgIpc) is 3.37. The van der Waals surface area contributed by atoms with Gasteiger partial charge >= 0.3 is 0 Å². The number of nitrogens with zero attached hydrogens (tertiary/aromatic N) is 2. The first kappa shape index (κ1) is 52.3. The van der Waals surface area contributed by atoms with Crippen LogP contribution < -0.4 is 14.8 Å². The molecule has 3 N–H and O–H groups in total. The number of hydrogen-bond donors (Lipinski definition) is 3. The van der Waals surface area contributed by atoms with Crippen molar-refractivity contribution in [1.29, 1.82) is 0 Å². The van der Waals surface area contributed by atoms with Gasteiger partial charge in [0.15, 0.2) is 0 Å². The van der Waals surface area contributed by atoms with Crippen LogP contribution in [0.25, 0.3) is 21.8 Å². The van der Waals surface area contributed by atoms with Crippen LogP contribution >= 0.6 is 31.9 Å². The number of ether oxygens (including phenoxy) is 2. The number of methoxy groups -OCH3 is 2. The van der Waals surface area contributed by atoms with E-state index >= 15 is 0 Å². The maximum absolute atomic E-state index is 13.5. The molecule has 0 radical (unpaired) electrons.